The summed E-state index contributed by atoms with van der Waals surface area (Å²) in [7, 11) is 0. The smallest absolute Gasteiger partial charge is 0.0894 e. The minimum atomic E-state index is -0.250. The third kappa shape index (κ3) is 5.89. The first-order chi connectivity index (χ1) is 3.41. The van der Waals surface area contributed by atoms with Crippen LogP contribution in [0.2, 0.25) is 0 Å². The summed E-state index contributed by atoms with van der Waals surface area (Å²) in [6.07, 6.45) is 2.15. The average molecular weight is 103 g/mol. The zero-order valence-electron chi connectivity index (χ0n) is 4.36. The summed E-state index contributed by atoms with van der Waals surface area (Å²) in [5.74, 6) is 0. The first-order valence-electron chi connectivity index (χ1n) is 2.58. The molecule has 42 valence electrons. The predicted octanol–water partition coefficient (Wildman–Crippen LogP) is 1.19. The molecule has 7 heavy (non-hydrogen) atoms. The Morgan fingerprint density at radius 2 is 1.86 bits per heavy atom. The van der Waals surface area contributed by atoms with Crippen molar-refractivity contribution in [3.8, 4) is 0 Å². The van der Waals surface area contributed by atoms with Gasteiger partial charge in [0.1, 0.15) is 0 Å². The molecule has 0 unspecified atom stereocenters. The Kier molecular flexibility index (Phi) is 5.80. The second-order valence-corrected chi connectivity index (χ2v) is 1.47. The molecule has 2 radical (unpaired) electrons. The van der Waals surface area contributed by atoms with Crippen LogP contribution in [0.15, 0.2) is 0 Å². The topological polar surface area (TPSA) is 22.3 Å². The summed E-state index contributed by atoms with van der Waals surface area (Å²) in [5.41, 5.74) is 8.17. The second kappa shape index (κ2) is 5.89. The van der Waals surface area contributed by atoms with Crippen LogP contribution in [0.3, 0.4) is 0 Å². The van der Waals surface area contributed by atoms with Gasteiger partial charge in [0.2, 0.25) is 0 Å². The van der Waals surface area contributed by atoms with Gasteiger partial charge in [-0.25, -0.2) is 0 Å². The fraction of sp³-hybridized carbons (Fsp3) is 1.00. The van der Waals surface area contributed by atoms with Gasteiger partial charge in [0, 0.05) is 6.54 Å². The Morgan fingerprint density at radius 3 is 2.29 bits per heavy atom. The zero-order chi connectivity index (χ0) is 5.54. The van der Waals surface area contributed by atoms with Gasteiger partial charge in [-0.15, -0.1) is 5.73 Å². The lowest BCUT2D eigenvalue weighted by Crippen LogP contribution is -1.84. The SMILES string of the molecule is [N]CCCCCF. The highest BCUT2D eigenvalue weighted by Crippen LogP contribution is 1.92. The number of hydrogen-bond donors (Lipinski definition) is 0. The molecular weight excluding hydrogens is 93.1 g/mol. The monoisotopic (exact) mass is 103 g/mol. The Hall–Kier alpha value is -0.110. The van der Waals surface area contributed by atoms with Crippen LogP contribution >= 0.6 is 0 Å². The van der Waals surface area contributed by atoms with Crippen LogP contribution in [0.4, 0.5) is 4.39 Å². The van der Waals surface area contributed by atoms with E-state index in [-0.39, 0.29) is 13.2 Å². The third-order valence-electron chi connectivity index (χ3n) is 0.792. The van der Waals surface area contributed by atoms with Crippen LogP contribution in [0.25, 0.3) is 0 Å². The molecular formula is C5H10FN. The average Bonchev–Trinajstić information content (AvgIpc) is 1.69. The molecule has 0 aliphatic carbocycles. The Morgan fingerprint density at radius 1 is 1.14 bits per heavy atom. The van der Waals surface area contributed by atoms with Crippen molar-refractivity contribution in [3.63, 3.8) is 0 Å². The first-order valence-corrected chi connectivity index (χ1v) is 2.58. The minimum absolute atomic E-state index is 0.194. The van der Waals surface area contributed by atoms with Crippen molar-refractivity contribution in [1.82, 2.24) is 5.73 Å². The lowest BCUT2D eigenvalue weighted by atomic mass is 10.2. The van der Waals surface area contributed by atoms with E-state index < -0.39 is 0 Å². The second-order valence-electron chi connectivity index (χ2n) is 1.47. The van der Waals surface area contributed by atoms with E-state index >= 15 is 0 Å². The number of unbranched alkanes of at least 4 members (excludes halogenated alkanes) is 2. The molecule has 0 bridgehead atoms. The summed E-state index contributed by atoms with van der Waals surface area (Å²) in [6.45, 7) is -0.0556. The van der Waals surface area contributed by atoms with Gasteiger partial charge in [0.15, 0.2) is 0 Å². The molecule has 0 N–H and O–H groups in total. The fourth-order valence-corrected chi connectivity index (χ4v) is 0.383. The van der Waals surface area contributed by atoms with Crippen LogP contribution < -0.4 is 5.73 Å². The van der Waals surface area contributed by atoms with Crippen molar-refractivity contribution in [3.05, 3.63) is 0 Å². The number of alkyl halides is 1. The minimum Gasteiger partial charge on any atom is -0.251 e. The van der Waals surface area contributed by atoms with Gasteiger partial charge in [0.05, 0.1) is 6.67 Å². The highest BCUT2D eigenvalue weighted by Gasteiger charge is 1.83. The van der Waals surface area contributed by atoms with E-state index in [4.69, 9.17) is 5.73 Å². The van der Waals surface area contributed by atoms with E-state index in [0.717, 1.165) is 12.8 Å². The van der Waals surface area contributed by atoms with Crippen LogP contribution in [-0.2, 0) is 0 Å². The Bertz CT molecular complexity index is 27.3. The Balaban J connectivity index is 2.45. The standard InChI is InChI=1S/C5H10FN/c6-4-2-1-3-5-7/h1-5H2. The quantitative estimate of drug-likeness (QED) is 0.477. The predicted molar refractivity (Wildman–Crippen MR) is 26.8 cm³/mol. The molecule has 0 saturated heterocycles. The summed E-state index contributed by atoms with van der Waals surface area (Å²) < 4.78 is 11.2. The number of hydrogen-bond acceptors (Lipinski definition) is 0. The summed E-state index contributed by atoms with van der Waals surface area (Å²) in [4.78, 5) is 0. The third-order valence-corrected chi connectivity index (χ3v) is 0.792. The lowest BCUT2D eigenvalue weighted by molar-refractivity contribution is 0.457. The molecule has 0 saturated carbocycles. The summed E-state index contributed by atoms with van der Waals surface area (Å²) >= 11 is 0. The van der Waals surface area contributed by atoms with E-state index in [2.05, 4.69) is 0 Å². The molecule has 0 spiro atoms. The van der Waals surface area contributed by atoms with Crippen LogP contribution in [0.1, 0.15) is 19.3 Å². The molecule has 0 aromatic carbocycles. The molecule has 0 fully saturated rings. The molecule has 0 aromatic heterocycles. The molecule has 2 heteroatoms. The van der Waals surface area contributed by atoms with Crippen molar-refractivity contribution in [1.29, 1.82) is 0 Å². The summed E-state index contributed by atoms with van der Waals surface area (Å²) in [6, 6.07) is 0. The highest BCUT2D eigenvalue weighted by atomic mass is 19.1. The number of halogens is 1. The van der Waals surface area contributed by atoms with Gasteiger partial charge >= 0.3 is 0 Å². The van der Waals surface area contributed by atoms with Crippen molar-refractivity contribution in [2.24, 2.45) is 0 Å². The van der Waals surface area contributed by atoms with Crippen molar-refractivity contribution < 1.29 is 4.39 Å². The molecule has 0 aliphatic heterocycles. The number of nitrogens with zero attached hydrogens (tertiary/aromatic N) is 1. The maximum absolute atomic E-state index is 11.2. The van der Waals surface area contributed by atoms with Crippen molar-refractivity contribution >= 4 is 0 Å². The van der Waals surface area contributed by atoms with Gasteiger partial charge in [-0.1, -0.05) is 0 Å². The normalized spacial score (nSPS) is 9.43. The van der Waals surface area contributed by atoms with Crippen LogP contribution in [0.5, 0.6) is 0 Å². The van der Waals surface area contributed by atoms with E-state index in [1.165, 1.54) is 0 Å². The molecule has 0 atom stereocenters. The van der Waals surface area contributed by atoms with Gasteiger partial charge in [-0.05, 0) is 19.3 Å². The maximum Gasteiger partial charge on any atom is 0.0894 e. The van der Waals surface area contributed by atoms with Gasteiger partial charge < -0.3 is 0 Å². The van der Waals surface area contributed by atoms with E-state index in [1.807, 2.05) is 0 Å². The molecule has 0 aliphatic rings. The van der Waals surface area contributed by atoms with E-state index in [9.17, 15) is 4.39 Å². The maximum atomic E-state index is 11.2. The lowest BCUT2D eigenvalue weighted by Gasteiger charge is -1.87. The molecule has 0 amide bonds. The van der Waals surface area contributed by atoms with Crippen molar-refractivity contribution in [2.45, 2.75) is 19.3 Å². The molecule has 1 nitrogen and oxygen atoms in total. The van der Waals surface area contributed by atoms with Crippen molar-refractivity contribution in [2.75, 3.05) is 13.2 Å². The molecule has 0 heterocycles. The summed E-state index contributed by atoms with van der Waals surface area (Å²) in [5, 5.41) is 0. The van der Waals surface area contributed by atoms with Crippen LogP contribution in [-0.4, -0.2) is 13.2 Å². The Labute approximate surface area is 43.7 Å². The van der Waals surface area contributed by atoms with E-state index in [0.29, 0.717) is 6.42 Å². The van der Waals surface area contributed by atoms with Gasteiger partial charge in [-0.3, -0.25) is 4.39 Å². The molecule has 0 aromatic rings. The largest absolute Gasteiger partial charge is 0.251 e. The highest BCUT2D eigenvalue weighted by molar-refractivity contribution is 4.38. The van der Waals surface area contributed by atoms with Crippen LogP contribution in [0, 0.1) is 0 Å². The fourth-order valence-electron chi connectivity index (χ4n) is 0.383. The van der Waals surface area contributed by atoms with Gasteiger partial charge in [0.25, 0.3) is 0 Å². The molecule has 0 rings (SSSR count). The first kappa shape index (κ1) is 6.89. The van der Waals surface area contributed by atoms with Gasteiger partial charge in [-0.2, -0.15) is 0 Å². The number of rotatable bonds is 4. The zero-order valence-corrected chi connectivity index (χ0v) is 4.36. The van der Waals surface area contributed by atoms with E-state index in [1.54, 1.807) is 0 Å².